The van der Waals surface area contributed by atoms with Gasteiger partial charge < -0.3 is 15.5 Å². The number of benzene rings is 2. The number of carboxylic acid groups (broad SMARTS) is 1. The SMILES string of the molecule is CCC(C)(C)CC(O)CNC(=O)C(Cc1ccc(Br)cc1)N(Cc1ccccc1)C(=O)O. The van der Waals surface area contributed by atoms with E-state index in [0.717, 1.165) is 26.9 Å². The van der Waals surface area contributed by atoms with Crippen molar-refractivity contribution in [3.8, 4) is 0 Å². The van der Waals surface area contributed by atoms with Gasteiger partial charge in [-0.15, -0.1) is 0 Å². The second-order valence-corrected chi connectivity index (χ2v) is 9.78. The Morgan fingerprint density at radius 2 is 1.69 bits per heavy atom. The van der Waals surface area contributed by atoms with Crippen LogP contribution in [0.1, 0.15) is 44.7 Å². The van der Waals surface area contributed by atoms with Crippen molar-refractivity contribution < 1.29 is 19.8 Å². The van der Waals surface area contributed by atoms with Gasteiger partial charge in [-0.1, -0.05) is 85.6 Å². The predicted molar refractivity (Wildman–Crippen MR) is 129 cm³/mol. The van der Waals surface area contributed by atoms with Crippen LogP contribution in [0.5, 0.6) is 0 Å². The summed E-state index contributed by atoms with van der Waals surface area (Å²) in [4.78, 5) is 26.5. The minimum Gasteiger partial charge on any atom is -0.465 e. The van der Waals surface area contributed by atoms with Gasteiger partial charge in [-0.25, -0.2) is 4.79 Å². The maximum atomic E-state index is 13.2. The summed E-state index contributed by atoms with van der Waals surface area (Å²) in [6.45, 7) is 6.38. The number of nitrogens with one attached hydrogen (secondary N) is 1. The maximum absolute atomic E-state index is 13.2. The molecule has 0 spiro atoms. The van der Waals surface area contributed by atoms with Crippen molar-refractivity contribution in [1.29, 1.82) is 0 Å². The summed E-state index contributed by atoms with van der Waals surface area (Å²) in [6.07, 6.45) is -0.176. The zero-order valence-electron chi connectivity index (χ0n) is 18.9. The molecule has 0 aromatic heterocycles. The fourth-order valence-electron chi connectivity index (χ4n) is 3.47. The smallest absolute Gasteiger partial charge is 0.408 e. The second kappa shape index (κ2) is 12.0. The molecule has 0 bridgehead atoms. The molecule has 0 heterocycles. The number of rotatable bonds is 11. The Balaban J connectivity index is 2.20. The highest BCUT2D eigenvalue weighted by Crippen LogP contribution is 2.26. The number of carbonyl (C=O) groups excluding carboxylic acids is 1. The van der Waals surface area contributed by atoms with E-state index in [1.165, 1.54) is 0 Å². The molecule has 2 aromatic carbocycles. The molecule has 174 valence electrons. The Kier molecular flexibility index (Phi) is 9.72. The molecule has 0 saturated heterocycles. The Morgan fingerprint density at radius 1 is 1.06 bits per heavy atom. The average molecular weight is 505 g/mol. The van der Waals surface area contributed by atoms with Crippen LogP contribution in [0.3, 0.4) is 0 Å². The van der Waals surface area contributed by atoms with Gasteiger partial charge in [0, 0.05) is 24.0 Å². The van der Waals surface area contributed by atoms with Gasteiger partial charge in [0.05, 0.1) is 6.10 Å². The van der Waals surface area contributed by atoms with Gasteiger partial charge in [0.1, 0.15) is 6.04 Å². The Morgan fingerprint density at radius 3 is 2.25 bits per heavy atom. The number of hydrogen-bond donors (Lipinski definition) is 3. The number of halogens is 1. The summed E-state index contributed by atoms with van der Waals surface area (Å²) in [7, 11) is 0. The molecule has 2 rings (SSSR count). The minimum atomic E-state index is -1.17. The summed E-state index contributed by atoms with van der Waals surface area (Å²) in [6, 6.07) is 15.7. The van der Waals surface area contributed by atoms with Crippen molar-refractivity contribution in [2.24, 2.45) is 5.41 Å². The lowest BCUT2D eigenvalue weighted by Crippen LogP contribution is -2.51. The number of carbonyl (C=O) groups is 2. The van der Waals surface area contributed by atoms with Gasteiger partial charge in [0.25, 0.3) is 0 Å². The molecule has 0 radical (unpaired) electrons. The Hall–Kier alpha value is -2.38. The van der Waals surface area contributed by atoms with Crippen molar-refractivity contribution in [2.45, 2.75) is 58.7 Å². The quantitative estimate of drug-likeness (QED) is 0.408. The minimum absolute atomic E-state index is 0.0403. The Bertz CT molecular complexity index is 871. The molecule has 0 fully saturated rings. The number of amides is 2. The molecule has 6 nitrogen and oxygen atoms in total. The van der Waals surface area contributed by atoms with E-state index in [9.17, 15) is 19.8 Å². The topological polar surface area (TPSA) is 89.9 Å². The van der Waals surface area contributed by atoms with Gasteiger partial charge in [-0.3, -0.25) is 9.69 Å². The fourth-order valence-corrected chi connectivity index (χ4v) is 3.73. The highest BCUT2D eigenvalue weighted by atomic mass is 79.9. The number of hydrogen-bond acceptors (Lipinski definition) is 3. The van der Waals surface area contributed by atoms with Crippen LogP contribution in [0.15, 0.2) is 59.1 Å². The number of nitrogens with zero attached hydrogens (tertiary/aromatic N) is 1. The number of aliphatic hydroxyl groups excluding tert-OH is 1. The lowest BCUT2D eigenvalue weighted by molar-refractivity contribution is -0.126. The lowest BCUT2D eigenvalue weighted by Gasteiger charge is -2.30. The highest BCUT2D eigenvalue weighted by Gasteiger charge is 2.31. The molecule has 2 aromatic rings. The van der Waals surface area contributed by atoms with Crippen LogP contribution in [-0.4, -0.2) is 45.8 Å². The summed E-state index contributed by atoms with van der Waals surface area (Å²) in [5.41, 5.74) is 1.61. The van der Waals surface area contributed by atoms with Crippen molar-refractivity contribution in [3.05, 3.63) is 70.2 Å². The van der Waals surface area contributed by atoms with E-state index in [2.05, 4.69) is 42.0 Å². The first kappa shape index (κ1) is 25.9. The Labute approximate surface area is 198 Å². The molecule has 0 aliphatic heterocycles. The van der Waals surface area contributed by atoms with Crippen LogP contribution >= 0.6 is 15.9 Å². The molecule has 0 saturated carbocycles. The zero-order chi connectivity index (χ0) is 23.7. The zero-order valence-corrected chi connectivity index (χ0v) is 20.5. The molecule has 3 N–H and O–H groups in total. The van der Waals surface area contributed by atoms with Crippen LogP contribution in [0, 0.1) is 5.41 Å². The first-order valence-corrected chi connectivity index (χ1v) is 11.6. The van der Waals surface area contributed by atoms with E-state index < -0.39 is 24.1 Å². The molecule has 0 aliphatic carbocycles. The average Bonchev–Trinajstić information content (AvgIpc) is 2.76. The van der Waals surface area contributed by atoms with E-state index in [1.807, 2.05) is 54.6 Å². The molecule has 2 amide bonds. The molecule has 7 heteroatoms. The molecule has 0 aliphatic rings. The third-order valence-corrected chi connectivity index (χ3v) is 6.25. The van der Waals surface area contributed by atoms with E-state index in [0.29, 0.717) is 6.42 Å². The molecule has 2 unspecified atom stereocenters. The lowest BCUT2D eigenvalue weighted by atomic mass is 9.84. The predicted octanol–water partition coefficient (Wildman–Crippen LogP) is 4.84. The number of aliphatic hydroxyl groups is 1. The first-order chi connectivity index (χ1) is 15.1. The monoisotopic (exact) mass is 504 g/mol. The van der Waals surface area contributed by atoms with Crippen molar-refractivity contribution in [3.63, 3.8) is 0 Å². The highest BCUT2D eigenvalue weighted by molar-refractivity contribution is 9.10. The van der Waals surface area contributed by atoms with Crippen LogP contribution in [0.25, 0.3) is 0 Å². The normalized spacial score (nSPS) is 13.3. The van der Waals surface area contributed by atoms with E-state index in [4.69, 9.17) is 0 Å². The van der Waals surface area contributed by atoms with Crippen LogP contribution in [-0.2, 0) is 17.8 Å². The largest absolute Gasteiger partial charge is 0.465 e. The van der Waals surface area contributed by atoms with Crippen molar-refractivity contribution >= 4 is 27.9 Å². The second-order valence-electron chi connectivity index (χ2n) is 8.86. The van der Waals surface area contributed by atoms with E-state index in [1.54, 1.807) is 0 Å². The summed E-state index contributed by atoms with van der Waals surface area (Å²) >= 11 is 3.40. The van der Waals surface area contributed by atoms with Gasteiger partial charge in [0.2, 0.25) is 5.91 Å². The van der Waals surface area contributed by atoms with Gasteiger partial charge in [-0.05, 0) is 35.1 Å². The molecular formula is C25H33BrN2O4. The van der Waals surface area contributed by atoms with Crippen LogP contribution < -0.4 is 5.32 Å². The molecule has 32 heavy (non-hydrogen) atoms. The first-order valence-electron chi connectivity index (χ1n) is 10.8. The van der Waals surface area contributed by atoms with Crippen molar-refractivity contribution in [2.75, 3.05) is 6.54 Å². The van der Waals surface area contributed by atoms with Gasteiger partial charge >= 0.3 is 6.09 Å². The molecular weight excluding hydrogens is 472 g/mol. The third-order valence-electron chi connectivity index (χ3n) is 5.72. The fraction of sp³-hybridized carbons (Fsp3) is 0.440. The van der Waals surface area contributed by atoms with E-state index in [-0.39, 0.29) is 24.9 Å². The van der Waals surface area contributed by atoms with Gasteiger partial charge in [0.15, 0.2) is 0 Å². The third kappa shape index (κ3) is 8.28. The van der Waals surface area contributed by atoms with Gasteiger partial charge in [-0.2, -0.15) is 0 Å². The molecule has 2 atom stereocenters. The van der Waals surface area contributed by atoms with E-state index >= 15 is 0 Å². The van der Waals surface area contributed by atoms with Crippen LogP contribution in [0.4, 0.5) is 4.79 Å². The summed E-state index contributed by atoms with van der Waals surface area (Å²) < 4.78 is 0.906. The maximum Gasteiger partial charge on any atom is 0.408 e. The van der Waals surface area contributed by atoms with Crippen LogP contribution in [0.2, 0.25) is 0 Å². The summed E-state index contributed by atoms with van der Waals surface area (Å²) in [5, 5.41) is 23.1. The van der Waals surface area contributed by atoms with Crippen molar-refractivity contribution in [1.82, 2.24) is 10.2 Å². The summed E-state index contributed by atoms with van der Waals surface area (Å²) in [5.74, 6) is -0.417. The standard InChI is InChI=1S/C25H33BrN2O4/c1-4-25(2,3)15-21(29)16-27-23(30)22(14-18-10-12-20(26)13-11-18)28(24(31)32)17-19-8-6-5-7-9-19/h5-13,21-22,29H,4,14-17H2,1-3H3,(H,27,30)(H,31,32).